The first kappa shape index (κ1) is 10.8. The zero-order chi connectivity index (χ0) is 10.4. The molecule has 1 saturated heterocycles. The number of guanidine groups is 2. The van der Waals surface area contributed by atoms with Gasteiger partial charge in [0.05, 0.1) is 6.54 Å². The Morgan fingerprint density at radius 3 is 2.36 bits per heavy atom. The highest BCUT2D eigenvalue weighted by molar-refractivity contribution is 5.92. The summed E-state index contributed by atoms with van der Waals surface area (Å²) in [4.78, 5) is 10.0. The third-order valence-corrected chi connectivity index (χ3v) is 2.13. The third-order valence-electron chi connectivity index (χ3n) is 2.13. The Hall–Kier alpha value is -1.30. The molecule has 0 spiro atoms. The molecule has 6 heteroatoms. The molecule has 6 N–H and O–H groups in total. The van der Waals surface area contributed by atoms with E-state index in [0.717, 1.165) is 19.6 Å². The molecule has 1 rings (SSSR count). The lowest BCUT2D eigenvalue weighted by Crippen LogP contribution is -2.27. The number of nitrogens with two attached hydrogens (primary N) is 3. The molecule has 1 fully saturated rings. The molecule has 0 bridgehead atoms. The van der Waals surface area contributed by atoms with Crippen molar-refractivity contribution >= 4 is 11.9 Å². The van der Waals surface area contributed by atoms with Crippen LogP contribution in [0.15, 0.2) is 9.98 Å². The average molecular weight is 198 g/mol. The van der Waals surface area contributed by atoms with Crippen LogP contribution < -0.4 is 17.2 Å². The maximum Gasteiger partial charge on any atom is 0.218 e. The lowest BCUT2D eigenvalue weighted by molar-refractivity contribution is 0.349. The van der Waals surface area contributed by atoms with Crippen LogP contribution in [0.5, 0.6) is 0 Å². The molecule has 1 aliphatic rings. The van der Waals surface area contributed by atoms with E-state index in [0.29, 0.717) is 6.54 Å². The molecule has 0 saturated carbocycles. The summed E-state index contributed by atoms with van der Waals surface area (Å²) in [5, 5.41) is 0. The Kier molecular flexibility index (Phi) is 4.18. The van der Waals surface area contributed by atoms with E-state index in [9.17, 15) is 0 Å². The lowest BCUT2D eigenvalue weighted by Gasteiger charge is -2.11. The monoisotopic (exact) mass is 198 g/mol. The molecule has 1 heterocycles. The first-order chi connectivity index (χ1) is 6.68. The van der Waals surface area contributed by atoms with Gasteiger partial charge in [0.15, 0.2) is 5.96 Å². The number of nitrogens with zero attached hydrogens (tertiary/aromatic N) is 3. The molecule has 0 aromatic heterocycles. The van der Waals surface area contributed by atoms with Crippen molar-refractivity contribution in [2.75, 3.05) is 26.2 Å². The van der Waals surface area contributed by atoms with Crippen LogP contribution in [-0.4, -0.2) is 43.0 Å². The number of hydrogen-bond donors (Lipinski definition) is 3. The van der Waals surface area contributed by atoms with Gasteiger partial charge in [-0.15, -0.1) is 0 Å². The summed E-state index contributed by atoms with van der Waals surface area (Å²) in [7, 11) is 0. The quantitative estimate of drug-likeness (QED) is 0.386. The van der Waals surface area contributed by atoms with Gasteiger partial charge in [0, 0.05) is 6.54 Å². The van der Waals surface area contributed by atoms with Crippen LogP contribution in [-0.2, 0) is 0 Å². The van der Waals surface area contributed by atoms with E-state index in [1.165, 1.54) is 12.8 Å². The predicted molar refractivity (Wildman–Crippen MR) is 58.0 cm³/mol. The van der Waals surface area contributed by atoms with E-state index in [4.69, 9.17) is 17.2 Å². The summed E-state index contributed by atoms with van der Waals surface area (Å²) in [6.45, 7) is 3.92. The zero-order valence-electron chi connectivity index (χ0n) is 8.32. The van der Waals surface area contributed by atoms with Gasteiger partial charge in [-0.2, -0.15) is 4.99 Å². The first-order valence-electron chi connectivity index (χ1n) is 4.80. The van der Waals surface area contributed by atoms with Gasteiger partial charge in [-0.3, -0.25) is 4.99 Å². The Morgan fingerprint density at radius 2 is 1.79 bits per heavy atom. The van der Waals surface area contributed by atoms with Crippen molar-refractivity contribution in [2.24, 2.45) is 27.2 Å². The highest BCUT2D eigenvalue weighted by atomic mass is 15.2. The van der Waals surface area contributed by atoms with Crippen molar-refractivity contribution in [3.05, 3.63) is 0 Å². The average Bonchev–Trinajstić information content (AvgIpc) is 2.55. The summed E-state index contributed by atoms with van der Waals surface area (Å²) in [6.07, 6.45) is 2.57. The molecular weight excluding hydrogens is 180 g/mol. The predicted octanol–water partition coefficient (Wildman–Crippen LogP) is -1.33. The minimum Gasteiger partial charge on any atom is -0.370 e. The van der Waals surface area contributed by atoms with Crippen molar-refractivity contribution in [1.29, 1.82) is 0 Å². The third kappa shape index (κ3) is 4.08. The van der Waals surface area contributed by atoms with E-state index in [2.05, 4.69) is 14.9 Å². The SMILES string of the molecule is NC(N)=NC(N)=NCCN1CCCC1. The second-order valence-electron chi connectivity index (χ2n) is 3.33. The summed E-state index contributed by atoms with van der Waals surface area (Å²) >= 11 is 0. The van der Waals surface area contributed by atoms with E-state index in [-0.39, 0.29) is 11.9 Å². The van der Waals surface area contributed by atoms with Crippen molar-refractivity contribution in [3.8, 4) is 0 Å². The van der Waals surface area contributed by atoms with Gasteiger partial charge < -0.3 is 22.1 Å². The van der Waals surface area contributed by atoms with Gasteiger partial charge in [-0.25, -0.2) is 0 Å². The van der Waals surface area contributed by atoms with Crippen LogP contribution in [0.1, 0.15) is 12.8 Å². The molecule has 0 aromatic carbocycles. The van der Waals surface area contributed by atoms with Crippen molar-refractivity contribution in [1.82, 2.24) is 4.90 Å². The molecule has 0 unspecified atom stereocenters. The Labute approximate surface area is 83.9 Å². The van der Waals surface area contributed by atoms with E-state index in [1.54, 1.807) is 0 Å². The number of aliphatic imine (C=N–C) groups is 2. The number of hydrogen-bond acceptors (Lipinski definition) is 2. The smallest absolute Gasteiger partial charge is 0.218 e. The largest absolute Gasteiger partial charge is 0.370 e. The molecular formula is C8H18N6. The van der Waals surface area contributed by atoms with Crippen LogP contribution >= 0.6 is 0 Å². The molecule has 14 heavy (non-hydrogen) atoms. The summed E-state index contributed by atoms with van der Waals surface area (Å²) in [5.41, 5.74) is 15.7. The summed E-state index contributed by atoms with van der Waals surface area (Å²) in [5.74, 6) is 0.108. The molecule has 0 radical (unpaired) electrons. The van der Waals surface area contributed by atoms with Gasteiger partial charge >= 0.3 is 0 Å². The zero-order valence-corrected chi connectivity index (χ0v) is 8.32. The number of rotatable bonds is 3. The highest BCUT2D eigenvalue weighted by Crippen LogP contribution is 2.05. The van der Waals surface area contributed by atoms with Gasteiger partial charge in [-0.05, 0) is 25.9 Å². The van der Waals surface area contributed by atoms with E-state index < -0.39 is 0 Å². The maximum atomic E-state index is 5.44. The number of likely N-dealkylation sites (tertiary alicyclic amines) is 1. The van der Waals surface area contributed by atoms with E-state index in [1.807, 2.05) is 0 Å². The van der Waals surface area contributed by atoms with Gasteiger partial charge in [0.1, 0.15) is 0 Å². The Bertz CT molecular complexity index is 224. The molecule has 1 aliphatic heterocycles. The maximum absolute atomic E-state index is 5.44. The molecule has 0 atom stereocenters. The fourth-order valence-electron chi connectivity index (χ4n) is 1.48. The standard InChI is InChI=1S/C8H18N6/c9-7(10)13-8(11)12-3-6-14-4-1-2-5-14/h1-6H2,(H6,9,10,11,12,13). The second-order valence-corrected chi connectivity index (χ2v) is 3.33. The van der Waals surface area contributed by atoms with Gasteiger partial charge in [-0.1, -0.05) is 0 Å². The molecule has 0 amide bonds. The second kappa shape index (κ2) is 5.43. The van der Waals surface area contributed by atoms with Gasteiger partial charge in [0.25, 0.3) is 0 Å². The van der Waals surface area contributed by atoms with Crippen LogP contribution in [0, 0.1) is 0 Å². The molecule has 0 aromatic rings. The molecule has 0 aliphatic carbocycles. The minimum absolute atomic E-state index is 0.0487. The summed E-state index contributed by atoms with van der Waals surface area (Å²) in [6, 6.07) is 0. The first-order valence-corrected chi connectivity index (χ1v) is 4.80. The van der Waals surface area contributed by atoms with Crippen LogP contribution in [0.3, 0.4) is 0 Å². The van der Waals surface area contributed by atoms with E-state index >= 15 is 0 Å². The summed E-state index contributed by atoms with van der Waals surface area (Å²) < 4.78 is 0. The fourth-order valence-corrected chi connectivity index (χ4v) is 1.48. The molecule has 6 nitrogen and oxygen atoms in total. The lowest BCUT2D eigenvalue weighted by atomic mass is 10.4. The molecule has 80 valence electrons. The Balaban J connectivity index is 2.21. The minimum atomic E-state index is -0.0487. The van der Waals surface area contributed by atoms with Crippen molar-refractivity contribution in [2.45, 2.75) is 12.8 Å². The Morgan fingerprint density at radius 1 is 1.14 bits per heavy atom. The van der Waals surface area contributed by atoms with Crippen LogP contribution in [0.2, 0.25) is 0 Å². The van der Waals surface area contributed by atoms with Crippen LogP contribution in [0.4, 0.5) is 0 Å². The normalized spacial score (nSPS) is 18.4. The van der Waals surface area contributed by atoms with Gasteiger partial charge in [0.2, 0.25) is 5.96 Å². The van der Waals surface area contributed by atoms with Crippen molar-refractivity contribution in [3.63, 3.8) is 0 Å². The topological polar surface area (TPSA) is 106 Å². The van der Waals surface area contributed by atoms with Crippen molar-refractivity contribution < 1.29 is 0 Å². The van der Waals surface area contributed by atoms with Crippen LogP contribution in [0.25, 0.3) is 0 Å². The fraction of sp³-hybridized carbons (Fsp3) is 0.750. The highest BCUT2D eigenvalue weighted by Gasteiger charge is 2.09.